The molecular weight excluding hydrogens is 418 g/mol. The van der Waals surface area contributed by atoms with Crippen molar-refractivity contribution in [1.82, 2.24) is 15.5 Å². The molecule has 2 N–H and O–H groups in total. The van der Waals surface area contributed by atoms with Gasteiger partial charge in [-0.25, -0.2) is 4.39 Å². The summed E-state index contributed by atoms with van der Waals surface area (Å²) in [5, 5.41) is 6.68. The average molecular weight is 448 g/mol. The second-order valence-electron chi connectivity index (χ2n) is 6.00. The minimum atomic E-state index is -0.141. The number of hydrogen-bond acceptors (Lipinski definition) is 2. The summed E-state index contributed by atoms with van der Waals surface area (Å²) in [5.41, 5.74) is 0.736. The molecule has 0 radical (unpaired) electrons. The summed E-state index contributed by atoms with van der Waals surface area (Å²) in [6.45, 7) is 6.10. The van der Waals surface area contributed by atoms with E-state index in [4.69, 9.17) is 0 Å². The van der Waals surface area contributed by atoms with Crippen molar-refractivity contribution >= 4 is 29.9 Å². The van der Waals surface area contributed by atoms with Crippen LogP contribution in [0.3, 0.4) is 0 Å². The summed E-state index contributed by atoms with van der Waals surface area (Å²) in [5.74, 6) is 0.654. The molecule has 0 amide bonds. The van der Waals surface area contributed by atoms with E-state index in [1.165, 1.54) is 31.9 Å². The number of rotatable bonds is 6. The van der Waals surface area contributed by atoms with Gasteiger partial charge in [0, 0.05) is 26.2 Å². The number of likely N-dealkylation sites (N-methyl/N-ethyl adjacent to an activating group) is 1. The standard InChI is InChI=1S/C18H29FN4.HI/c1-3-23-13-7-6-9-16(23)14-22-18(20-2)21-12-11-15-8-4-5-10-17(15)19;/h4-5,8,10,16H,3,6-7,9,11-14H2,1-2H3,(H2,20,21,22);1H. The van der Waals surface area contributed by atoms with Crippen LogP contribution < -0.4 is 10.6 Å². The highest BCUT2D eigenvalue weighted by Crippen LogP contribution is 2.15. The first-order chi connectivity index (χ1) is 11.2. The van der Waals surface area contributed by atoms with Crippen molar-refractivity contribution in [2.75, 3.05) is 33.2 Å². The lowest BCUT2D eigenvalue weighted by Crippen LogP contribution is -2.49. The van der Waals surface area contributed by atoms with E-state index < -0.39 is 0 Å². The van der Waals surface area contributed by atoms with Gasteiger partial charge >= 0.3 is 0 Å². The summed E-state index contributed by atoms with van der Waals surface area (Å²) in [6, 6.07) is 7.50. The summed E-state index contributed by atoms with van der Waals surface area (Å²) in [7, 11) is 1.77. The van der Waals surface area contributed by atoms with Gasteiger partial charge < -0.3 is 10.6 Å². The summed E-state index contributed by atoms with van der Waals surface area (Å²) < 4.78 is 13.6. The zero-order chi connectivity index (χ0) is 16.5. The Kier molecular flexibility index (Phi) is 10.2. The number of nitrogens with zero attached hydrogens (tertiary/aromatic N) is 2. The molecule has 0 saturated carbocycles. The summed E-state index contributed by atoms with van der Waals surface area (Å²) in [4.78, 5) is 6.79. The maximum absolute atomic E-state index is 13.6. The molecule has 2 rings (SSSR count). The van der Waals surface area contributed by atoms with Crippen LogP contribution in [0.25, 0.3) is 0 Å². The molecule has 1 heterocycles. The first-order valence-corrected chi connectivity index (χ1v) is 8.66. The van der Waals surface area contributed by atoms with Crippen LogP contribution in [0.5, 0.6) is 0 Å². The molecule has 1 aliphatic rings. The smallest absolute Gasteiger partial charge is 0.191 e. The van der Waals surface area contributed by atoms with Gasteiger partial charge in [-0.05, 0) is 44.0 Å². The highest BCUT2D eigenvalue weighted by Gasteiger charge is 2.20. The SMILES string of the molecule is CCN1CCCCC1CNC(=NC)NCCc1ccccc1F.I. The van der Waals surface area contributed by atoms with Gasteiger partial charge in [-0.3, -0.25) is 9.89 Å². The van der Waals surface area contributed by atoms with Crippen LogP contribution in [0.2, 0.25) is 0 Å². The Morgan fingerprint density at radius 3 is 2.79 bits per heavy atom. The molecule has 0 spiro atoms. The van der Waals surface area contributed by atoms with E-state index in [1.54, 1.807) is 13.1 Å². The fourth-order valence-corrected chi connectivity index (χ4v) is 3.16. The van der Waals surface area contributed by atoms with Crippen LogP contribution in [0.4, 0.5) is 4.39 Å². The van der Waals surface area contributed by atoms with Crippen LogP contribution in [0.1, 0.15) is 31.7 Å². The topological polar surface area (TPSA) is 39.7 Å². The van der Waals surface area contributed by atoms with Crippen LogP contribution in [0, 0.1) is 5.82 Å². The maximum atomic E-state index is 13.6. The lowest BCUT2D eigenvalue weighted by Gasteiger charge is -2.35. The lowest BCUT2D eigenvalue weighted by molar-refractivity contribution is 0.157. The number of likely N-dealkylation sites (tertiary alicyclic amines) is 1. The van der Waals surface area contributed by atoms with Crippen LogP contribution in [0.15, 0.2) is 29.3 Å². The van der Waals surface area contributed by atoms with Crippen LogP contribution in [-0.2, 0) is 6.42 Å². The number of hydrogen-bond donors (Lipinski definition) is 2. The number of nitrogens with one attached hydrogen (secondary N) is 2. The zero-order valence-electron chi connectivity index (χ0n) is 14.7. The molecule has 0 bridgehead atoms. The van der Waals surface area contributed by atoms with Gasteiger partial charge in [0.25, 0.3) is 0 Å². The lowest BCUT2D eigenvalue weighted by atomic mass is 10.0. The van der Waals surface area contributed by atoms with Crippen LogP contribution >= 0.6 is 24.0 Å². The molecular formula is C18H30FIN4. The van der Waals surface area contributed by atoms with E-state index in [9.17, 15) is 4.39 Å². The first-order valence-electron chi connectivity index (χ1n) is 8.66. The van der Waals surface area contributed by atoms with E-state index in [0.717, 1.165) is 24.6 Å². The summed E-state index contributed by atoms with van der Waals surface area (Å²) in [6.07, 6.45) is 4.51. The molecule has 1 aromatic rings. The third-order valence-electron chi connectivity index (χ3n) is 4.53. The van der Waals surface area contributed by atoms with Gasteiger partial charge in [-0.2, -0.15) is 0 Å². The van der Waals surface area contributed by atoms with Gasteiger partial charge in [0.05, 0.1) is 0 Å². The Bertz CT molecular complexity index is 510. The molecule has 1 fully saturated rings. The Labute approximate surface area is 162 Å². The Morgan fingerprint density at radius 2 is 2.08 bits per heavy atom. The van der Waals surface area contributed by atoms with Gasteiger partial charge in [0.1, 0.15) is 5.82 Å². The van der Waals surface area contributed by atoms with E-state index in [0.29, 0.717) is 19.0 Å². The van der Waals surface area contributed by atoms with E-state index in [1.807, 2.05) is 12.1 Å². The molecule has 4 nitrogen and oxygen atoms in total. The van der Waals surface area contributed by atoms with Crippen molar-refractivity contribution < 1.29 is 4.39 Å². The van der Waals surface area contributed by atoms with Crippen molar-refractivity contribution in [3.8, 4) is 0 Å². The molecule has 1 saturated heterocycles. The number of guanidine groups is 1. The van der Waals surface area contributed by atoms with E-state index >= 15 is 0 Å². The molecule has 136 valence electrons. The molecule has 1 aliphatic heterocycles. The minimum Gasteiger partial charge on any atom is -0.356 e. The number of benzene rings is 1. The van der Waals surface area contributed by atoms with Crippen molar-refractivity contribution in [2.45, 2.75) is 38.6 Å². The average Bonchev–Trinajstić information content (AvgIpc) is 2.59. The number of piperidine rings is 1. The van der Waals surface area contributed by atoms with Gasteiger partial charge in [0.15, 0.2) is 5.96 Å². The Balaban J connectivity index is 0.00000288. The second kappa shape index (κ2) is 11.6. The number of halogens is 2. The fourth-order valence-electron chi connectivity index (χ4n) is 3.16. The predicted molar refractivity (Wildman–Crippen MR) is 110 cm³/mol. The Hall–Kier alpha value is -0.890. The highest BCUT2D eigenvalue weighted by molar-refractivity contribution is 14.0. The van der Waals surface area contributed by atoms with Crippen molar-refractivity contribution in [2.24, 2.45) is 4.99 Å². The normalized spacial score (nSPS) is 18.8. The monoisotopic (exact) mass is 448 g/mol. The van der Waals surface area contributed by atoms with Crippen LogP contribution in [-0.4, -0.2) is 50.1 Å². The molecule has 1 atom stereocenters. The molecule has 6 heteroatoms. The van der Waals surface area contributed by atoms with Crippen molar-refractivity contribution in [3.63, 3.8) is 0 Å². The second-order valence-corrected chi connectivity index (χ2v) is 6.00. The highest BCUT2D eigenvalue weighted by atomic mass is 127. The third kappa shape index (κ3) is 6.55. The maximum Gasteiger partial charge on any atom is 0.191 e. The Morgan fingerprint density at radius 1 is 1.29 bits per heavy atom. The quantitative estimate of drug-likeness (QED) is 0.400. The predicted octanol–water partition coefficient (Wildman–Crippen LogP) is 3.03. The van der Waals surface area contributed by atoms with Crippen molar-refractivity contribution in [3.05, 3.63) is 35.6 Å². The molecule has 0 aliphatic carbocycles. The first kappa shape index (κ1) is 21.2. The minimum absolute atomic E-state index is 0. The molecule has 24 heavy (non-hydrogen) atoms. The zero-order valence-corrected chi connectivity index (χ0v) is 17.1. The van der Waals surface area contributed by atoms with Gasteiger partial charge in [0.2, 0.25) is 0 Å². The number of aliphatic imine (C=N–C) groups is 1. The van der Waals surface area contributed by atoms with E-state index in [2.05, 4.69) is 27.4 Å². The summed E-state index contributed by atoms with van der Waals surface area (Å²) >= 11 is 0. The van der Waals surface area contributed by atoms with Gasteiger partial charge in [-0.15, -0.1) is 24.0 Å². The fraction of sp³-hybridized carbons (Fsp3) is 0.611. The van der Waals surface area contributed by atoms with Crippen molar-refractivity contribution in [1.29, 1.82) is 0 Å². The molecule has 0 aromatic heterocycles. The van der Waals surface area contributed by atoms with Gasteiger partial charge in [-0.1, -0.05) is 31.5 Å². The molecule has 1 unspecified atom stereocenters. The largest absolute Gasteiger partial charge is 0.356 e. The third-order valence-corrected chi connectivity index (χ3v) is 4.53. The molecule has 1 aromatic carbocycles. The van der Waals surface area contributed by atoms with E-state index in [-0.39, 0.29) is 29.8 Å².